The van der Waals surface area contributed by atoms with Gasteiger partial charge in [0.1, 0.15) is 0 Å². The van der Waals surface area contributed by atoms with Crippen molar-refractivity contribution in [2.45, 2.75) is 6.54 Å². The summed E-state index contributed by atoms with van der Waals surface area (Å²) >= 11 is 0. The molecule has 6 nitrogen and oxygen atoms in total. The third-order valence-corrected chi connectivity index (χ3v) is 3.06. The van der Waals surface area contributed by atoms with Crippen molar-refractivity contribution >= 4 is 5.97 Å². The van der Waals surface area contributed by atoms with Gasteiger partial charge in [0.25, 0.3) is 0 Å². The van der Waals surface area contributed by atoms with E-state index in [1.54, 1.807) is 0 Å². The van der Waals surface area contributed by atoms with Gasteiger partial charge >= 0.3 is 0 Å². The molecule has 0 bridgehead atoms. The fraction of sp³-hybridized carbons (Fsp3) is 0.0667. The number of aromatic nitrogens is 4. The summed E-state index contributed by atoms with van der Waals surface area (Å²) in [6.07, 6.45) is 0. The fourth-order valence-corrected chi connectivity index (χ4v) is 2.17. The van der Waals surface area contributed by atoms with E-state index in [-0.39, 0.29) is 6.54 Å². The second-order valence-electron chi connectivity index (χ2n) is 4.44. The SMILES string of the molecule is O=C([O-])Cn1nnnc1-c1ccccc1-c1ccccc1. The van der Waals surface area contributed by atoms with E-state index < -0.39 is 5.97 Å². The highest BCUT2D eigenvalue weighted by atomic mass is 16.4. The Morgan fingerprint density at radius 2 is 1.67 bits per heavy atom. The van der Waals surface area contributed by atoms with Crippen LogP contribution in [0.1, 0.15) is 0 Å². The number of carbonyl (C=O) groups is 1. The summed E-state index contributed by atoms with van der Waals surface area (Å²) in [7, 11) is 0. The number of carboxylic acids is 1. The third kappa shape index (κ3) is 2.64. The molecule has 1 heterocycles. The van der Waals surface area contributed by atoms with Gasteiger partial charge in [-0.3, -0.25) is 0 Å². The number of aliphatic carboxylic acids is 1. The summed E-state index contributed by atoms with van der Waals surface area (Å²) in [6, 6.07) is 17.4. The summed E-state index contributed by atoms with van der Waals surface area (Å²) in [4.78, 5) is 10.8. The molecule has 0 saturated carbocycles. The average Bonchev–Trinajstić information content (AvgIpc) is 2.95. The quantitative estimate of drug-likeness (QED) is 0.704. The van der Waals surface area contributed by atoms with Crippen molar-refractivity contribution in [3.63, 3.8) is 0 Å². The first-order valence-corrected chi connectivity index (χ1v) is 6.36. The molecule has 0 amide bonds. The van der Waals surface area contributed by atoms with Crippen LogP contribution in [0.2, 0.25) is 0 Å². The van der Waals surface area contributed by atoms with E-state index in [0.29, 0.717) is 5.82 Å². The zero-order chi connectivity index (χ0) is 14.7. The van der Waals surface area contributed by atoms with Crippen LogP contribution in [-0.2, 0) is 11.3 Å². The molecule has 3 aromatic rings. The summed E-state index contributed by atoms with van der Waals surface area (Å²) in [5.74, 6) is -0.834. The average molecular weight is 279 g/mol. The highest BCUT2D eigenvalue weighted by Crippen LogP contribution is 2.30. The standard InChI is InChI=1S/C15H12N4O2/c20-14(21)10-19-15(16-17-18-19)13-9-5-4-8-12(13)11-6-2-1-3-7-11/h1-9H,10H2,(H,20,21)/p-1. The summed E-state index contributed by atoms with van der Waals surface area (Å²) in [5, 5.41) is 22.0. The maximum Gasteiger partial charge on any atom is 0.183 e. The predicted molar refractivity (Wildman–Crippen MR) is 73.7 cm³/mol. The van der Waals surface area contributed by atoms with Crippen LogP contribution in [0.4, 0.5) is 0 Å². The number of benzene rings is 2. The van der Waals surface area contributed by atoms with Gasteiger partial charge in [-0.25, -0.2) is 4.68 Å². The second-order valence-corrected chi connectivity index (χ2v) is 4.44. The molecule has 0 atom stereocenters. The van der Waals surface area contributed by atoms with Gasteiger partial charge in [-0.05, 0) is 21.6 Å². The lowest BCUT2D eigenvalue weighted by atomic mass is 9.99. The molecule has 0 aliphatic carbocycles. The first kappa shape index (κ1) is 13.0. The second kappa shape index (κ2) is 5.54. The largest absolute Gasteiger partial charge is 0.548 e. The normalized spacial score (nSPS) is 10.5. The van der Waals surface area contributed by atoms with Crippen LogP contribution in [0.25, 0.3) is 22.5 Å². The van der Waals surface area contributed by atoms with E-state index in [9.17, 15) is 9.90 Å². The van der Waals surface area contributed by atoms with E-state index in [1.165, 1.54) is 4.68 Å². The Morgan fingerprint density at radius 3 is 2.38 bits per heavy atom. The molecule has 1 aromatic heterocycles. The molecule has 0 aliphatic rings. The van der Waals surface area contributed by atoms with Crippen LogP contribution >= 0.6 is 0 Å². The minimum atomic E-state index is -1.24. The van der Waals surface area contributed by atoms with E-state index in [1.807, 2.05) is 54.6 Å². The van der Waals surface area contributed by atoms with Crippen molar-refractivity contribution < 1.29 is 9.90 Å². The molecule has 0 unspecified atom stereocenters. The Bertz CT molecular complexity index is 768. The maximum absolute atomic E-state index is 10.8. The van der Waals surface area contributed by atoms with Crippen molar-refractivity contribution in [3.8, 4) is 22.5 Å². The molecule has 3 rings (SSSR count). The summed E-state index contributed by atoms with van der Waals surface area (Å²) in [5.41, 5.74) is 2.72. The molecule has 21 heavy (non-hydrogen) atoms. The van der Waals surface area contributed by atoms with Crippen molar-refractivity contribution in [1.29, 1.82) is 0 Å². The van der Waals surface area contributed by atoms with Crippen LogP contribution in [-0.4, -0.2) is 26.2 Å². The van der Waals surface area contributed by atoms with E-state index in [4.69, 9.17) is 0 Å². The number of hydrogen-bond acceptors (Lipinski definition) is 5. The van der Waals surface area contributed by atoms with E-state index in [0.717, 1.165) is 16.7 Å². The predicted octanol–water partition coefficient (Wildman–Crippen LogP) is 0.757. The Kier molecular flexibility index (Phi) is 3.42. The van der Waals surface area contributed by atoms with Crippen molar-refractivity contribution in [2.75, 3.05) is 0 Å². The number of nitrogens with zero attached hydrogens (tertiary/aromatic N) is 4. The summed E-state index contributed by atoms with van der Waals surface area (Å²) in [6.45, 7) is -0.383. The van der Waals surface area contributed by atoms with Gasteiger partial charge < -0.3 is 9.90 Å². The van der Waals surface area contributed by atoms with Crippen LogP contribution in [0, 0.1) is 0 Å². The molecule has 0 N–H and O–H groups in total. The smallest absolute Gasteiger partial charge is 0.183 e. The van der Waals surface area contributed by atoms with Gasteiger partial charge in [0.05, 0.1) is 12.5 Å². The van der Waals surface area contributed by atoms with Crippen molar-refractivity contribution in [2.24, 2.45) is 0 Å². The molecule has 104 valence electrons. The molecule has 6 heteroatoms. The molecule has 0 radical (unpaired) electrons. The minimum absolute atomic E-state index is 0.383. The van der Waals surface area contributed by atoms with E-state index >= 15 is 0 Å². The lowest BCUT2D eigenvalue weighted by molar-refractivity contribution is -0.306. The summed E-state index contributed by atoms with van der Waals surface area (Å²) < 4.78 is 1.22. The van der Waals surface area contributed by atoms with E-state index in [2.05, 4.69) is 15.5 Å². The number of carboxylic acid groups (broad SMARTS) is 1. The van der Waals surface area contributed by atoms with Crippen molar-refractivity contribution in [1.82, 2.24) is 20.2 Å². The number of rotatable bonds is 4. The fourth-order valence-electron chi connectivity index (χ4n) is 2.17. The highest BCUT2D eigenvalue weighted by Gasteiger charge is 2.13. The first-order valence-electron chi connectivity index (χ1n) is 6.36. The van der Waals surface area contributed by atoms with Crippen LogP contribution in [0.3, 0.4) is 0 Å². The zero-order valence-electron chi connectivity index (χ0n) is 11.0. The van der Waals surface area contributed by atoms with Crippen LogP contribution in [0.5, 0.6) is 0 Å². The van der Waals surface area contributed by atoms with Gasteiger partial charge in [0.2, 0.25) is 0 Å². The highest BCUT2D eigenvalue weighted by molar-refractivity contribution is 5.80. The Labute approximate surface area is 120 Å². The van der Waals surface area contributed by atoms with Gasteiger partial charge in [-0.15, -0.1) is 5.10 Å². The van der Waals surface area contributed by atoms with Gasteiger partial charge in [-0.1, -0.05) is 54.6 Å². The number of hydrogen-bond donors (Lipinski definition) is 0. The molecule has 0 saturated heterocycles. The minimum Gasteiger partial charge on any atom is -0.548 e. The molecular formula is C15H11N4O2-. The topological polar surface area (TPSA) is 83.7 Å². The Hall–Kier alpha value is -3.02. The first-order chi connectivity index (χ1) is 10.3. The van der Waals surface area contributed by atoms with Crippen LogP contribution < -0.4 is 5.11 Å². The lowest BCUT2D eigenvalue weighted by Crippen LogP contribution is -2.28. The Morgan fingerprint density at radius 1 is 1.00 bits per heavy atom. The molecular weight excluding hydrogens is 268 g/mol. The third-order valence-electron chi connectivity index (χ3n) is 3.06. The van der Waals surface area contributed by atoms with Crippen molar-refractivity contribution in [3.05, 3.63) is 54.6 Å². The van der Waals surface area contributed by atoms with Gasteiger partial charge in [-0.2, -0.15) is 0 Å². The van der Waals surface area contributed by atoms with Crippen LogP contribution in [0.15, 0.2) is 54.6 Å². The molecule has 0 aliphatic heterocycles. The Balaban J connectivity index is 2.12. The lowest BCUT2D eigenvalue weighted by Gasteiger charge is -2.10. The monoisotopic (exact) mass is 279 g/mol. The molecule has 0 fully saturated rings. The number of tetrazole rings is 1. The van der Waals surface area contributed by atoms with Gasteiger partial charge in [0.15, 0.2) is 5.82 Å². The molecule has 2 aromatic carbocycles. The number of carbonyl (C=O) groups excluding carboxylic acids is 1. The van der Waals surface area contributed by atoms with Gasteiger partial charge in [0, 0.05) is 5.56 Å². The zero-order valence-corrected chi connectivity index (χ0v) is 11.0. The molecule has 0 spiro atoms. The maximum atomic E-state index is 10.8.